The van der Waals surface area contributed by atoms with Crippen LogP contribution in [0.15, 0.2) is 116 Å². The minimum Gasteiger partial charge on any atom is -0.491 e. The molecular weight excluding hydrogens is 1780 g/mol. The SMILES string of the molecule is CC(C)(C)C(=O)c1cc2cc(C(=O)c3cn(CCOCCO)nn3)cnc2[nH]1.COCCOCCOCCOCCOc1ccc(C(=O)Nc2cnc3[nH]c(C(=O)C(C)(C)C)cc3c2)cc1.COCCOCCOCCOCCn1cc(C(=O)Nc2cnc3[nH]c(C(=O)C(C)(C)C)cc3c2)nn1.COCCOCCOCCOCCn1cc(C(=O)c2cnc3[nH]c(C(=O)C(C)(C)C)cc3c2)nn1. The molecule has 0 unspecified atom stereocenters. The van der Waals surface area contributed by atoms with Gasteiger partial charge >= 0.3 is 0 Å². The molecule has 0 aliphatic heterocycles. The Morgan fingerprint density at radius 1 is 0.321 bits per heavy atom. The summed E-state index contributed by atoms with van der Waals surface area (Å²) in [7, 11) is 4.89. The van der Waals surface area contributed by atoms with E-state index in [4.69, 9.17) is 71.4 Å². The molecule has 0 bridgehead atoms. The van der Waals surface area contributed by atoms with E-state index >= 15 is 0 Å². The van der Waals surface area contributed by atoms with Gasteiger partial charge in [0, 0.05) is 93.6 Å². The number of H-pyrrole nitrogens is 4. The maximum atomic E-state index is 12.9. The van der Waals surface area contributed by atoms with Crippen molar-refractivity contribution in [2.75, 3.05) is 197 Å². The maximum absolute atomic E-state index is 12.9. The molecule has 0 saturated heterocycles. The molecule has 11 heterocycles. The minimum atomic E-state index is -0.520. The molecule has 7 N–H and O–H groups in total. The minimum absolute atomic E-state index is 0.000415. The lowest BCUT2D eigenvalue weighted by atomic mass is 9.89. The number of ether oxygens (including phenoxy) is 14. The van der Waals surface area contributed by atoms with Crippen molar-refractivity contribution in [2.24, 2.45) is 21.7 Å². The molecule has 0 saturated carbocycles. The molecule has 42 heteroatoms. The summed E-state index contributed by atoms with van der Waals surface area (Å²) in [4.78, 5) is 130. The lowest BCUT2D eigenvalue weighted by molar-refractivity contribution is 0.000164. The number of aliphatic hydroxyl groups is 1. The van der Waals surface area contributed by atoms with Crippen LogP contribution in [0.1, 0.15) is 178 Å². The summed E-state index contributed by atoms with van der Waals surface area (Å²) >= 11 is 0. The lowest BCUT2D eigenvalue weighted by Crippen LogP contribution is -2.20. The van der Waals surface area contributed by atoms with Crippen molar-refractivity contribution in [3.8, 4) is 5.75 Å². The van der Waals surface area contributed by atoms with Crippen LogP contribution in [0.5, 0.6) is 5.75 Å². The zero-order valence-corrected chi connectivity index (χ0v) is 80.5. The summed E-state index contributed by atoms with van der Waals surface area (Å²) in [5.74, 6) is -0.697. The Balaban J connectivity index is 0.000000206. The number of nitrogens with zero attached hydrogens (tertiary/aromatic N) is 13. The van der Waals surface area contributed by atoms with Crippen LogP contribution in [0, 0.1) is 21.7 Å². The highest BCUT2D eigenvalue weighted by Gasteiger charge is 2.30. The molecule has 12 aromatic rings. The average molecular weight is 1900 g/mol. The fourth-order valence-electron chi connectivity index (χ4n) is 12.4. The van der Waals surface area contributed by atoms with Crippen LogP contribution in [-0.2, 0) is 81.2 Å². The highest BCUT2D eigenvalue weighted by molar-refractivity contribution is 6.11. The number of hydrogen-bond acceptors (Lipinski definition) is 33. The van der Waals surface area contributed by atoms with Crippen LogP contribution in [-0.4, -0.2) is 323 Å². The topological polar surface area (TPSA) is 517 Å². The third kappa shape index (κ3) is 35.6. The number of aliphatic hydroxyl groups excluding tert-OH is 1. The number of methoxy groups -OCH3 is 3. The number of fused-ring (bicyclic) bond motifs is 4. The Labute approximate surface area is 793 Å². The van der Waals surface area contributed by atoms with Gasteiger partial charge in [-0.05, 0) is 72.8 Å². The summed E-state index contributed by atoms with van der Waals surface area (Å²) in [5.41, 5.74) is 4.97. The fourth-order valence-corrected chi connectivity index (χ4v) is 12.4. The van der Waals surface area contributed by atoms with Crippen LogP contribution in [0.25, 0.3) is 44.1 Å². The molecule has 0 atom stereocenters. The number of amides is 2. The van der Waals surface area contributed by atoms with Crippen LogP contribution in [0.3, 0.4) is 0 Å². The second-order valence-electron chi connectivity index (χ2n) is 35.1. The largest absolute Gasteiger partial charge is 0.491 e. The summed E-state index contributed by atoms with van der Waals surface area (Å²) in [6.07, 6.45) is 10.7. The van der Waals surface area contributed by atoms with Gasteiger partial charge in [-0.25, -0.2) is 34.0 Å². The van der Waals surface area contributed by atoms with Crippen molar-refractivity contribution in [3.05, 3.63) is 173 Å². The number of anilines is 2. The maximum Gasteiger partial charge on any atom is 0.277 e. The summed E-state index contributed by atoms with van der Waals surface area (Å²) < 4.78 is 78.8. The van der Waals surface area contributed by atoms with Crippen molar-refractivity contribution in [1.29, 1.82) is 0 Å². The number of Topliss-reactive ketones (excluding diaryl/α,β-unsaturated/α-hetero) is 4. The quantitative estimate of drug-likeness (QED) is 0.0138. The molecule has 0 spiro atoms. The lowest BCUT2D eigenvalue weighted by Gasteiger charge is -2.14. The first kappa shape index (κ1) is 108. The van der Waals surface area contributed by atoms with Gasteiger partial charge in [-0.3, -0.25) is 38.4 Å². The zero-order valence-electron chi connectivity index (χ0n) is 80.5. The number of rotatable bonds is 54. The molecule has 11 aromatic heterocycles. The second-order valence-corrected chi connectivity index (χ2v) is 35.1. The zero-order chi connectivity index (χ0) is 98.9. The predicted octanol–water partition coefficient (Wildman–Crippen LogP) is 10.4. The highest BCUT2D eigenvalue weighted by Crippen LogP contribution is 2.30. The summed E-state index contributed by atoms with van der Waals surface area (Å²) in [5, 5.41) is 40.8. The normalized spacial score (nSPS) is 11.8. The van der Waals surface area contributed by atoms with Crippen LogP contribution >= 0.6 is 0 Å². The third-order valence-electron chi connectivity index (χ3n) is 19.7. The van der Waals surface area contributed by atoms with Gasteiger partial charge in [-0.1, -0.05) is 98.7 Å². The van der Waals surface area contributed by atoms with Gasteiger partial charge < -0.3 is 102 Å². The van der Waals surface area contributed by atoms with Gasteiger partial charge in [0.15, 0.2) is 40.2 Å². The van der Waals surface area contributed by atoms with Gasteiger partial charge in [0.05, 0.1) is 243 Å². The van der Waals surface area contributed by atoms with E-state index in [1.807, 2.05) is 83.1 Å². The van der Waals surface area contributed by atoms with Gasteiger partial charge in [0.1, 0.15) is 34.9 Å². The highest BCUT2D eigenvalue weighted by atomic mass is 16.6. The number of carbonyl (C=O) groups excluding carboxylic acids is 8. The third-order valence-corrected chi connectivity index (χ3v) is 19.7. The molecule has 740 valence electrons. The van der Waals surface area contributed by atoms with Crippen molar-refractivity contribution in [2.45, 2.75) is 103 Å². The summed E-state index contributed by atoms with van der Waals surface area (Å²) in [6.45, 7) is 35.0. The van der Waals surface area contributed by atoms with E-state index in [0.717, 1.165) is 10.8 Å². The molecule has 1 aromatic carbocycles. The first-order chi connectivity index (χ1) is 65.6. The molecule has 0 fully saturated rings. The number of pyridine rings is 4. The molecule has 12 rings (SSSR count). The molecular formula is C95H127N19O23. The number of aromatic nitrogens is 17. The van der Waals surface area contributed by atoms with Gasteiger partial charge in [0.25, 0.3) is 11.8 Å². The predicted molar refractivity (Wildman–Crippen MR) is 505 cm³/mol. The Hall–Kier alpha value is -12.4. The molecule has 42 nitrogen and oxygen atoms in total. The van der Waals surface area contributed by atoms with E-state index in [1.165, 1.54) is 28.0 Å². The number of nitrogens with one attached hydrogen (secondary N) is 6. The Kier molecular flexibility index (Phi) is 43.1. The number of benzene rings is 1. The number of aromatic amines is 4. The van der Waals surface area contributed by atoms with E-state index in [1.54, 1.807) is 124 Å². The fraction of sp³-hybridized carbons (Fsp3) is 0.495. The first-order valence-corrected chi connectivity index (χ1v) is 44.8. The van der Waals surface area contributed by atoms with Gasteiger partial charge in [0.2, 0.25) is 11.6 Å². The van der Waals surface area contributed by atoms with Crippen LogP contribution in [0.2, 0.25) is 0 Å². The van der Waals surface area contributed by atoms with Gasteiger partial charge in [-0.2, -0.15) is 0 Å². The van der Waals surface area contributed by atoms with Crippen LogP contribution in [0.4, 0.5) is 11.4 Å². The molecule has 137 heavy (non-hydrogen) atoms. The second kappa shape index (κ2) is 54.5. The molecule has 0 aliphatic carbocycles. The molecule has 0 aliphatic rings. The first-order valence-electron chi connectivity index (χ1n) is 44.8. The van der Waals surface area contributed by atoms with Gasteiger partial charge in [-0.15, -0.1) is 15.3 Å². The smallest absolute Gasteiger partial charge is 0.277 e. The molecule has 0 radical (unpaired) electrons. The van der Waals surface area contributed by atoms with E-state index in [-0.39, 0.29) is 70.9 Å². The number of carbonyl (C=O) groups is 8. The van der Waals surface area contributed by atoms with E-state index in [0.29, 0.717) is 262 Å². The monoisotopic (exact) mass is 1900 g/mol. The summed E-state index contributed by atoms with van der Waals surface area (Å²) in [6, 6.07) is 20.7. The van der Waals surface area contributed by atoms with Crippen molar-refractivity contribution >= 4 is 102 Å². The standard InChI is InChI=1S/C28H37N3O7.C24H34N6O6.C24H33N5O6.C19H23N5O4/c1-28(2,3)25(32)24-18-21-17-22(19-29-26(21)31-24)30-27(33)20-5-7-23(8-6-20)38-16-15-37-14-13-36-12-11-35-10-9-34-4;1-24(2,3)21(31)19-14-17-13-18(15-25-22(17)27-19)26-23(32)20-16-30(29-28-20)5-6-34-9-10-36-12-11-35-8-7-33-4;1-24(2,3)22(31)19-14-17-13-18(15-25-23(17)26-19)21(30)20-16-29(28-27-20)5-6-33-9-10-35-12-11-34-8-7-32-4;1-19(2,3)17(27)14-9-12-8-13(10-20-18(12)21-14)16(26)15-11-24(23-22-15)4-6-28-7-5-25/h5-8,17-19H,9-16H2,1-4H3,(H,29,31)(H,30,33);13-16H,5-12H2,1-4H3,(H,25,27)(H,26,32);13-16H,5-12H2,1-4H3,(H,25,26);8-11,25H,4-7H2,1-3H3,(H,20,21). The van der Waals surface area contributed by atoms with Crippen molar-refractivity contribution in [3.63, 3.8) is 0 Å². The Morgan fingerprint density at radius 2 is 0.599 bits per heavy atom. The van der Waals surface area contributed by atoms with E-state index in [9.17, 15) is 38.4 Å². The van der Waals surface area contributed by atoms with E-state index in [2.05, 4.69) is 81.4 Å². The van der Waals surface area contributed by atoms with Crippen LogP contribution < -0.4 is 15.4 Å². The van der Waals surface area contributed by atoms with E-state index < -0.39 is 27.6 Å². The van der Waals surface area contributed by atoms with Crippen molar-refractivity contribution < 1.29 is 110 Å². The Morgan fingerprint density at radius 3 is 0.920 bits per heavy atom. The number of hydrogen-bond donors (Lipinski definition) is 7. The van der Waals surface area contributed by atoms with Crippen molar-refractivity contribution in [1.82, 2.24) is 84.9 Å². The molecule has 2 amide bonds. The number of ketones is 6. The average Bonchev–Trinajstić information content (AvgIpc) is 1.68. The Bertz CT molecular complexity index is 5830.